The summed E-state index contributed by atoms with van der Waals surface area (Å²) in [5, 5.41) is 12.3. The third-order valence-corrected chi connectivity index (χ3v) is 18.2. The van der Waals surface area contributed by atoms with Crippen LogP contribution in [0.4, 0.5) is 0 Å². The van der Waals surface area contributed by atoms with Crippen molar-refractivity contribution in [3.05, 3.63) is 102 Å². The molecule has 0 aromatic heterocycles. The number of hydrogen-bond donors (Lipinski definition) is 2. The Bertz CT molecular complexity index is 2270. The first-order chi connectivity index (χ1) is 31.9. The number of halogens is 3. The molecule has 0 radical (unpaired) electrons. The average molecular weight is 1040 g/mol. The van der Waals surface area contributed by atoms with Crippen LogP contribution in [0, 0.1) is 0 Å². The van der Waals surface area contributed by atoms with E-state index in [1.54, 1.807) is 66.7 Å². The lowest BCUT2D eigenvalue weighted by atomic mass is 9.95. The summed E-state index contributed by atoms with van der Waals surface area (Å²) in [6, 6.07) is 22.7. The quantitative estimate of drug-likeness (QED) is 0.0685. The number of hydrogen-bond acceptors (Lipinski definition) is 15. The highest BCUT2D eigenvalue weighted by molar-refractivity contribution is 7.99. The molecule has 3 aliphatic heterocycles. The SMILES string of the molecule is CC(=O)CCC(=O)O[C@@H]1[C@@H](NC(=O)C(Cl)(Cl)Cl)[C@H](O[C@H]2[C@H](OC(=O)c3ccccc3)[C@@H](OC(=O)c3ccccc3)[C@H](Sc3ccccc3)O[C@@H]2C(=O)O)O[C@@H]2CO[Si](C(C)(C)C)(C(C)(C)C)O[C@@H]12. The van der Waals surface area contributed by atoms with Gasteiger partial charge in [-0.3, -0.25) is 9.59 Å². The zero-order valence-electron chi connectivity index (χ0n) is 38.3. The molecule has 3 aromatic rings. The van der Waals surface area contributed by atoms with Crippen LogP contribution < -0.4 is 5.32 Å². The molecular formula is C47H54Cl3NO15SSi. The van der Waals surface area contributed by atoms with Crippen LogP contribution in [-0.4, -0.2) is 120 Å². The zero-order valence-corrected chi connectivity index (χ0v) is 42.3. The molecule has 6 rings (SSSR count). The van der Waals surface area contributed by atoms with Crippen LogP contribution in [0.5, 0.6) is 0 Å². The van der Waals surface area contributed by atoms with E-state index in [-0.39, 0.29) is 36.4 Å². The second kappa shape index (κ2) is 21.9. The minimum absolute atomic E-state index is 0.0500. The lowest BCUT2D eigenvalue weighted by molar-refractivity contribution is -0.319. The van der Waals surface area contributed by atoms with Gasteiger partial charge in [-0.1, -0.05) is 143 Å². The van der Waals surface area contributed by atoms with E-state index in [2.05, 4.69) is 5.32 Å². The van der Waals surface area contributed by atoms with Crippen molar-refractivity contribution in [2.45, 2.75) is 141 Å². The number of aliphatic carboxylic acids is 1. The van der Waals surface area contributed by atoms with Crippen LogP contribution in [0.15, 0.2) is 95.9 Å². The number of nitrogens with one attached hydrogen (secondary N) is 1. The number of esters is 3. The molecule has 21 heteroatoms. The molecule has 3 aromatic carbocycles. The van der Waals surface area contributed by atoms with E-state index in [4.69, 9.17) is 72.1 Å². The average Bonchev–Trinajstić information content (AvgIpc) is 3.27. The Morgan fingerprint density at radius 3 is 1.75 bits per heavy atom. The van der Waals surface area contributed by atoms with Crippen LogP contribution >= 0.6 is 46.6 Å². The summed E-state index contributed by atoms with van der Waals surface area (Å²) in [6.45, 7) is 12.8. The molecule has 68 heavy (non-hydrogen) atoms. The fourth-order valence-corrected chi connectivity index (χ4v) is 14.7. The minimum Gasteiger partial charge on any atom is -0.479 e. The second-order valence-corrected chi connectivity index (χ2v) is 26.7. The number of benzene rings is 3. The number of carbonyl (C=O) groups is 6. The summed E-state index contributed by atoms with van der Waals surface area (Å²) < 4.78 is 49.1. The van der Waals surface area contributed by atoms with Crippen molar-refractivity contribution in [3.63, 3.8) is 0 Å². The van der Waals surface area contributed by atoms with Gasteiger partial charge in [0.05, 0.1) is 24.2 Å². The number of ether oxygens (including phenoxy) is 6. The fraction of sp³-hybridized carbons (Fsp3) is 0.489. The summed E-state index contributed by atoms with van der Waals surface area (Å²) >= 11 is 19.4. The van der Waals surface area contributed by atoms with Crippen molar-refractivity contribution in [2.75, 3.05) is 6.61 Å². The third-order valence-electron chi connectivity index (χ3n) is 11.4. The smallest absolute Gasteiger partial charge is 0.349 e. The van der Waals surface area contributed by atoms with Gasteiger partial charge >= 0.3 is 32.4 Å². The number of thioether (sulfide) groups is 1. The molecule has 3 heterocycles. The molecule has 3 aliphatic rings. The Hall–Kier alpha value is -4.08. The van der Waals surface area contributed by atoms with Crippen molar-refractivity contribution in [1.29, 1.82) is 0 Å². The molecule has 0 aliphatic carbocycles. The van der Waals surface area contributed by atoms with Crippen LogP contribution in [-0.2, 0) is 56.5 Å². The number of carbonyl (C=O) groups excluding carboxylic acids is 5. The van der Waals surface area contributed by atoms with Gasteiger partial charge in [-0.15, -0.1) is 0 Å². The number of Topliss-reactive ketones (excluding diaryl/α,β-unsaturated/α-hetero) is 1. The summed E-state index contributed by atoms with van der Waals surface area (Å²) in [7, 11) is -3.44. The number of carboxylic acid groups (broad SMARTS) is 1. The van der Waals surface area contributed by atoms with Crippen molar-refractivity contribution >= 4 is 90.7 Å². The standard InChI is InChI=1S/C47H54Cl3NO15SSi/c1-26(52)23-24-31(53)61-34-32(51-44(58)47(48,49)50)42(60-30-25-59-68(45(2,3)4,46(5,6)7)66-33(30)34)64-35-36(62-40(56)27-17-11-8-12-18-27)38(63-41(57)28-19-13-9-14-20-28)43(65-37(35)39(54)55)67-29-21-15-10-16-22-29/h8-22,30,32-38,42-43H,23-25H2,1-7H3,(H,51,58)(H,54,55)/t30-,32-,33-,34-,35+,36+,37+,38-,42+,43+/m1/s1. The summed E-state index contributed by atoms with van der Waals surface area (Å²) in [6.07, 6.45) is -13.7. The Morgan fingerprint density at radius 2 is 1.25 bits per heavy atom. The van der Waals surface area contributed by atoms with Crippen LogP contribution in [0.1, 0.15) is 82.0 Å². The van der Waals surface area contributed by atoms with E-state index in [1.165, 1.54) is 31.2 Å². The summed E-state index contributed by atoms with van der Waals surface area (Å²) in [4.78, 5) is 81.8. The topological polar surface area (TPSA) is 209 Å². The molecule has 10 atom stereocenters. The number of carboxylic acids is 1. The summed E-state index contributed by atoms with van der Waals surface area (Å²) in [5.41, 5.74) is -1.21. The van der Waals surface area contributed by atoms with Crippen molar-refractivity contribution in [2.24, 2.45) is 0 Å². The predicted molar refractivity (Wildman–Crippen MR) is 251 cm³/mol. The Morgan fingerprint density at radius 1 is 0.721 bits per heavy atom. The highest BCUT2D eigenvalue weighted by Gasteiger charge is 2.66. The maximum Gasteiger partial charge on any atom is 0.349 e. The highest BCUT2D eigenvalue weighted by Crippen LogP contribution is 2.55. The lowest BCUT2D eigenvalue weighted by Crippen LogP contribution is -2.74. The van der Waals surface area contributed by atoms with Crippen molar-refractivity contribution < 1.29 is 71.1 Å². The van der Waals surface area contributed by atoms with Crippen LogP contribution in [0.2, 0.25) is 10.1 Å². The molecule has 3 fully saturated rings. The largest absolute Gasteiger partial charge is 0.479 e. The van der Waals surface area contributed by atoms with Gasteiger partial charge in [0.25, 0.3) is 9.70 Å². The highest BCUT2D eigenvalue weighted by atomic mass is 35.6. The first-order valence-electron chi connectivity index (χ1n) is 21.7. The van der Waals surface area contributed by atoms with E-state index < -0.39 is 113 Å². The van der Waals surface area contributed by atoms with Gasteiger partial charge in [0.2, 0.25) is 0 Å². The molecule has 3 saturated heterocycles. The molecule has 0 spiro atoms. The van der Waals surface area contributed by atoms with E-state index in [9.17, 15) is 33.9 Å². The summed E-state index contributed by atoms with van der Waals surface area (Å²) in [5.74, 6) is -5.84. The van der Waals surface area contributed by atoms with E-state index in [1.807, 2.05) is 41.5 Å². The van der Waals surface area contributed by atoms with Crippen molar-refractivity contribution in [3.8, 4) is 0 Å². The van der Waals surface area contributed by atoms with Gasteiger partial charge in [0, 0.05) is 21.4 Å². The van der Waals surface area contributed by atoms with E-state index >= 15 is 0 Å². The van der Waals surface area contributed by atoms with E-state index in [0.29, 0.717) is 4.90 Å². The number of alkyl halides is 3. The number of fused-ring (bicyclic) bond motifs is 1. The molecule has 2 N–H and O–H groups in total. The molecule has 0 bridgehead atoms. The first kappa shape index (κ1) is 53.3. The van der Waals surface area contributed by atoms with Crippen molar-refractivity contribution in [1.82, 2.24) is 5.32 Å². The molecule has 368 valence electrons. The van der Waals surface area contributed by atoms with Gasteiger partial charge in [-0.2, -0.15) is 0 Å². The molecule has 1 amide bonds. The number of ketones is 1. The Labute approximate surface area is 414 Å². The van der Waals surface area contributed by atoms with Crippen LogP contribution in [0.25, 0.3) is 0 Å². The van der Waals surface area contributed by atoms with E-state index in [0.717, 1.165) is 11.8 Å². The molecular weight excluding hydrogens is 985 g/mol. The zero-order chi connectivity index (χ0) is 49.8. The van der Waals surface area contributed by atoms with Gasteiger partial charge < -0.3 is 52.5 Å². The fourth-order valence-electron chi connectivity index (χ4n) is 8.48. The minimum atomic E-state index is -3.44. The Balaban J connectivity index is 1.51. The predicted octanol–water partition coefficient (Wildman–Crippen LogP) is 7.74. The van der Waals surface area contributed by atoms with Gasteiger partial charge in [-0.25, -0.2) is 14.4 Å². The Kier molecular flexibility index (Phi) is 17.2. The third kappa shape index (κ3) is 12.4. The maximum atomic E-state index is 14.2. The molecule has 16 nitrogen and oxygen atoms in total. The monoisotopic (exact) mass is 1040 g/mol. The van der Waals surface area contributed by atoms with Gasteiger partial charge in [-0.05, 0) is 43.3 Å². The normalized spacial score (nSPS) is 27.1. The van der Waals surface area contributed by atoms with Crippen LogP contribution in [0.3, 0.4) is 0 Å². The second-order valence-electron chi connectivity index (χ2n) is 18.5. The molecule has 0 unspecified atom stereocenters. The maximum absolute atomic E-state index is 14.2. The van der Waals surface area contributed by atoms with Gasteiger partial charge in [0.1, 0.15) is 35.6 Å². The number of rotatable bonds is 14. The first-order valence-corrected chi connectivity index (χ1v) is 25.5. The lowest BCUT2D eigenvalue weighted by Gasteiger charge is -2.58. The van der Waals surface area contributed by atoms with Gasteiger partial charge in [0.15, 0.2) is 30.7 Å². The number of amides is 1. The molecule has 0 saturated carbocycles.